The van der Waals surface area contributed by atoms with E-state index >= 15 is 0 Å². The Bertz CT molecular complexity index is 443. The van der Waals surface area contributed by atoms with E-state index in [0.29, 0.717) is 11.6 Å². The van der Waals surface area contributed by atoms with Gasteiger partial charge in [-0.05, 0) is 31.7 Å². The van der Waals surface area contributed by atoms with E-state index in [0.717, 1.165) is 32.5 Å². The van der Waals surface area contributed by atoms with E-state index in [1.165, 1.54) is 37.9 Å². The van der Waals surface area contributed by atoms with Crippen LogP contribution in [0.25, 0.3) is 0 Å². The van der Waals surface area contributed by atoms with Crippen molar-refractivity contribution in [1.82, 2.24) is 20.0 Å². The van der Waals surface area contributed by atoms with Gasteiger partial charge in [-0.25, -0.2) is 0 Å². The molecular formula is C17H30N4. The molecule has 0 unspecified atom stereocenters. The van der Waals surface area contributed by atoms with Gasteiger partial charge < -0.3 is 5.32 Å². The van der Waals surface area contributed by atoms with Crippen molar-refractivity contribution in [3.8, 4) is 0 Å². The molecule has 4 heteroatoms. The van der Waals surface area contributed by atoms with Crippen LogP contribution in [0.5, 0.6) is 0 Å². The van der Waals surface area contributed by atoms with E-state index in [-0.39, 0.29) is 0 Å². The highest BCUT2D eigenvalue weighted by Crippen LogP contribution is 2.36. The Morgan fingerprint density at radius 2 is 2.05 bits per heavy atom. The van der Waals surface area contributed by atoms with Crippen LogP contribution < -0.4 is 5.32 Å². The molecule has 1 aliphatic heterocycles. The van der Waals surface area contributed by atoms with Crippen LogP contribution in [0.3, 0.4) is 0 Å². The maximum atomic E-state index is 4.86. The molecule has 0 aromatic carbocycles. The van der Waals surface area contributed by atoms with Crippen molar-refractivity contribution >= 4 is 0 Å². The standard InChI is InChI=1S/C17H30N4/c1-3-16(4-2)21-11-7-15(19-21)13-20-12-10-18-14-17(20)8-5-6-9-17/h7,11,16,18H,3-6,8-10,12-14H2,1-2H3. The molecule has 0 bridgehead atoms. The molecule has 1 N–H and O–H groups in total. The minimum absolute atomic E-state index is 0.414. The van der Waals surface area contributed by atoms with Crippen LogP contribution in [-0.2, 0) is 6.54 Å². The fourth-order valence-electron chi connectivity index (χ4n) is 4.18. The van der Waals surface area contributed by atoms with Gasteiger partial charge in [0.15, 0.2) is 0 Å². The number of aromatic nitrogens is 2. The van der Waals surface area contributed by atoms with Crippen molar-refractivity contribution in [2.24, 2.45) is 0 Å². The van der Waals surface area contributed by atoms with Crippen LogP contribution in [0.4, 0.5) is 0 Å². The van der Waals surface area contributed by atoms with Crippen LogP contribution in [0.1, 0.15) is 64.1 Å². The molecule has 2 heterocycles. The molecule has 3 rings (SSSR count). The summed E-state index contributed by atoms with van der Waals surface area (Å²) in [6.45, 7) is 8.97. The first-order chi connectivity index (χ1) is 10.3. The third kappa shape index (κ3) is 3.02. The zero-order valence-corrected chi connectivity index (χ0v) is 13.6. The summed E-state index contributed by atoms with van der Waals surface area (Å²) in [6, 6.07) is 2.78. The second-order valence-corrected chi connectivity index (χ2v) is 6.79. The van der Waals surface area contributed by atoms with Crippen molar-refractivity contribution in [3.05, 3.63) is 18.0 Å². The predicted octanol–water partition coefficient (Wildman–Crippen LogP) is 2.96. The van der Waals surface area contributed by atoms with Gasteiger partial charge in [-0.15, -0.1) is 0 Å². The molecule has 21 heavy (non-hydrogen) atoms. The predicted molar refractivity (Wildman–Crippen MR) is 86.3 cm³/mol. The summed E-state index contributed by atoms with van der Waals surface area (Å²) in [5, 5.41) is 8.46. The summed E-state index contributed by atoms with van der Waals surface area (Å²) >= 11 is 0. The number of nitrogens with zero attached hydrogens (tertiary/aromatic N) is 3. The summed E-state index contributed by atoms with van der Waals surface area (Å²) in [6.07, 6.45) is 9.99. The first-order valence-electron chi connectivity index (χ1n) is 8.77. The lowest BCUT2D eigenvalue weighted by Gasteiger charge is -2.45. The Balaban J connectivity index is 1.70. The highest BCUT2D eigenvalue weighted by atomic mass is 15.3. The van der Waals surface area contributed by atoms with Crippen LogP contribution in [0.2, 0.25) is 0 Å². The second kappa shape index (κ2) is 6.49. The SMILES string of the molecule is CCC(CC)n1ccc(CN2CCNCC23CCCC3)n1. The van der Waals surface area contributed by atoms with Crippen molar-refractivity contribution in [2.75, 3.05) is 19.6 Å². The highest BCUT2D eigenvalue weighted by Gasteiger charge is 2.41. The molecule has 1 aliphatic carbocycles. The Morgan fingerprint density at radius 1 is 1.29 bits per heavy atom. The minimum atomic E-state index is 0.414. The van der Waals surface area contributed by atoms with Gasteiger partial charge >= 0.3 is 0 Å². The number of hydrogen-bond donors (Lipinski definition) is 1. The van der Waals surface area contributed by atoms with E-state index in [4.69, 9.17) is 5.10 Å². The first kappa shape index (κ1) is 15.0. The minimum Gasteiger partial charge on any atom is -0.314 e. The zero-order chi connectivity index (χ0) is 14.7. The third-order valence-electron chi connectivity index (χ3n) is 5.55. The number of rotatable bonds is 5. The van der Waals surface area contributed by atoms with Crippen LogP contribution >= 0.6 is 0 Å². The molecule has 1 spiro atoms. The monoisotopic (exact) mass is 290 g/mol. The molecule has 4 nitrogen and oxygen atoms in total. The van der Waals surface area contributed by atoms with Gasteiger partial charge in [0.1, 0.15) is 0 Å². The highest BCUT2D eigenvalue weighted by molar-refractivity contribution is 5.05. The van der Waals surface area contributed by atoms with Gasteiger partial charge in [0.05, 0.1) is 11.7 Å². The van der Waals surface area contributed by atoms with Crippen molar-refractivity contribution in [3.63, 3.8) is 0 Å². The molecule has 2 fully saturated rings. The molecule has 2 aliphatic rings. The zero-order valence-electron chi connectivity index (χ0n) is 13.6. The average molecular weight is 290 g/mol. The summed E-state index contributed by atoms with van der Waals surface area (Å²) in [5.41, 5.74) is 1.66. The molecule has 1 saturated heterocycles. The Hall–Kier alpha value is -0.870. The molecule has 0 radical (unpaired) electrons. The molecule has 1 aromatic rings. The van der Waals surface area contributed by atoms with Gasteiger partial charge in [0.25, 0.3) is 0 Å². The Kier molecular flexibility index (Phi) is 4.65. The quantitative estimate of drug-likeness (QED) is 0.905. The molecule has 1 saturated carbocycles. The fourth-order valence-corrected chi connectivity index (χ4v) is 4.18. The van der Waals surface area contributed by atoms with Crippen LogP contribution in [-0.4, -0.2) is 39.9 Å². The van der Waals surface area contributed by atoms with Crippen LogP contribution in [0.15, 0.2) is 12.3 Å². The van der Waals surface area contributed by atoms with Crippen molar-refractivity contribution in [2.45, 2.75) is 70.5 Å². The van der Waals surface area contributed by atoms with Gasteiger partial charge in [0, 0.05) is 37.9 Å². The molecule has 0 atom stereocenters. The molecule has 118 valence electrons. The Morgan fingerprint density at radius 3 is 2.76 bits per heavy atom. The lowest BCUT2D eigenvalue weighted by atomic mass is 9.92. The average Bonchev–Trinajstić information content (AvgIpc) is 3.14. The van der Waals surface area contributed by atoms with Gasteiger partial charge in [0.2, 0.25) is 0 Å². The number of piperazine rings is 1. The third-order valence-corrected chi connectivity index (χ3v) is 5.55. The van der Waals surface area contributed by atoms with E-state index in [1.54, 1.807) is 0 Å². The summed E-state index contributed by atoms with van der Waals surface area (Å²) in [7, 11) is 0. The van der Waals surface area contributed by atoms with E-state index in [9.17, 15) is 0 Å². The fraction of sp³-hybridized carbons (Fsp3) is 0.824. The Labute approximate surface area is 128 Å². The largest absolute Gasteiger partial charge is 0.314 e. The molecule has 0 amide bonds. The van der Waals surface area contributed by atoms with Gasteiger partial charge in [-0.2, -0.15) is 5.10 Å². The molecule has 1 aromatic heterocycles. The maximum Gasteiger partial charge on any atom is 0.0765 e. The van der Waals surface area contributed by atoms with Crippen LogP contribution in [0, 0.1) is 0 Å². The normalized spacial score (nSPS) is 22.4. The smallest absolute Gasteiger partial charge is 0.0765 e. The molecular weight excluding hydrogens is 260 g/mol. The van der Waals surface area contributed by atoms with E-state index in [2.05, 4.69) is 41.0 Å². The summed E-state index contributed by atoms with van der Waals surface area (Å²) in [4.78, 5) is 2.70. The van der Waals surface area contributed by atoms with E-state index in [1.807, 2.05) is 0 Å². The first-order valence-corrected chi connectivity index (χ1v) is 8.77. The maximum absolute atomic E-state index is 4.86. The topological polar surface area (TPSA) is 33.1 Å². The van der Waals surface area contributed by atoms with Crippen molar-refractivity contribution < 1.29 is 0 Å². The second-order valence-electron chi connectivity index (χ2n) is 6.79. The lowest BCUT2D eigenvalue weighted by molar-refractivity contribution is 0.0558. The number of nitrogens with one attached hydrogen (secondary N) is 1. The van der Waals surface area contributed by atoms with Gasteiger partial charge in [-0.3, -0.25) is 9.58 Å². The van der Waals surface area contributed by atoms with Crippen molar-refractivity contribution in [1.29, 1.82) is 0 Å². The lowest BCUT2D eigenvalue weighted by Crippen LogP contribution is -2.59. The van der Waals surface area contributed by atoms with E-state index < -0.39 is 0 Å². The summed E-state index contributed by atoms with van der Waals surface area (Å²) in [5.74, 6) is 0. The number of hydrogen-bond acceptors (Lipinski definition) is 3. The summed E-state index contributed by atoms with van der Waals surface area (Å²) < 4.78 is 2.18. The van der Waals surface area contributed by atoms with Gasteiger partial charge in [-0.1, -0.05) is 26.7 Å².